The van der Waals surface area contributed by atoms with Crippen molar-refractivity contribution in [2.75, 3.05) is 7.11 Å². The van der Waals surface area contributed by atoms with E-state index in [9.17, 15) is 5.11 Å². The molecule has 0 heterocycles. The summed E-state index contributed by atoms with van der Waals surface area (Å²) < 4.78 is 6.08. The summed E-state index contributed by atoms with van der Waals surface area (Å²) in [4.78, 5) is 0. The Bertz CT molecular complexity index is 320. The Hall–Kier alpha value is -0.290. The summed E-state index contributed by atoms with van der Waals surface area (Å²) in [7, 11) is 1.58. The van der Waals surface area contributed by atoms with Crippen LogP contribution in [0.25, 0.3) is 0 Å². The summed E-state index contributed by atoms with van der Waals surface area (Å²) in [6.07, 6.45) is -0.599. The monoisotopic (exact) mass is 295 g/mol. The summed E-state index contributed by atoms with van der Waals surface area (Å²) in [6, 6.07) is 5.12. The molecule has 0 saturated carbocycles. The van der Waals surface area contributed by atoms with Crippen LogP contribution in [0.3, 0.4) is 0 Å². The lowest BCUT2D eigenvalue weighted by atomic mass is 10.0. The van der Waals surface area contributed by atoms with E-state index in [1.807, 2.05) is 18.2 Å². The number of ether oxygens (including phenoxy) is 1. The molecule has 0 aliphatic rings. The normalized spacial score (nSPS) is 13.9. The molecule has 3 nitrogen and oxygen atoms in total. The van der Waals surface area contributed by atoms with Gasteiger partial charge < -0.3 is 15.6 Å². The van der Waals surface area contributed by atoms with Gasteiger partial charge in [0.05, 0.1) is 19.3 Å². The van der Waals surface area contributed by atoms with Gasteiger partial charge in [0.2, 0.25) is 0 Å². The number of rotatable bonds is 3. The first kappa shape index (κ1) is 14.7. The lowest BCUT2D eigenvalue weighted by Gasteiger charge is -2.18. The molecule has 0 unspecified atom stereocenters. The van der Waals surface area contributed by atoms with E-state index in [2.05, 4.69) is 15.9 Å². The second-order valence-electron chi connectivity index (χ2n) is 3.15. The van der Waals surface area contributed by atoms with Crippen LogP contribution >= 0.6 is 28.3 Å². The first-order valence-corrected chi connectivity index (χ1v) is 5.12. The van der Waals surface area contributed by atoms with Gasteiger partial charge in [-0.2, -0.15) is 0 Å². The highest BCUT2D eigenvalue weighted by Crippen LogP contribution is 2.28. The number of aliphatic hydroxyl groups is 1. The maximum atomic E-state index is 9.39. The quantitative estimate of drug-likeness (QED) is 0.899. The maximum absolute atomic E-state index is 9.39. The standard InChI is InChI=1S/C10H14BrNO2.ClH/c1-6(13)10(12)8-5-7(11)3-4-9(8)14-2;/h3-6,10,13H,12H2,1-2H3;1H/t6-,10-;/m1./s1. The van der Waals surface area contributed by atoms with E-state index >= 15 is 0 Å². The number of hydrogen-bond acceptors (Lipinski definition) is 3. The number of nitrogens with two attached hydrogens (primary N) is 1. The van der Waals surface area contributed by atoms with Crippen molar-refractivity contribution in [1.29, 1.82) is 0 Å². The minimum Gasteiger partial charge on any atom is -0.496 e. The molecule has 0 aliphatic heterocycles. The average Bonchev–Trinajstić information content (AvgIpc) is 2.16. The van der Waals surface area contributed by atoms with Crippen molar-refractivity contribution in [2.24, 2.45) is 5.73 Å². The van der Waals surface area contributed by atoms with E-state index in [1.165, 1.54) is 0 Å². The lowest BCUT2D eigenvalue weighted by Crippen LogP contribution is -2.23. The topological polar surface area (TPSA) is 55.5 Å². The molecule has 0 saturated heterocycles. The van der Waals surface area contributed by atoms with Gasteiger partial charge in [0, 0.05) is 10.0 Å². The van der Waals surface area contributed by atoms with Gasteiger partial charge in [-0.25, -0.2) is 0 Å². The summed E-state index contributed by atoms with van der Waals surface area (Å²) in [5.41, 5.74) is 6.63. The number of aliphatic hydroxyl groups excluding tert-OH is 1. The molecule has 2 atom stereocenters. The van der Waals surface area contributed by atoms with Crippen LogP contribution in [-0.2, 0) is 0 Å². The van der Waals surface area contributed by atoms with Gasteiger partial charge in [-0.05, 0) is 25.1 Å². The molecule has 15 heavy (non-hydrogen) atoms. The van der Waals surface area contributed by atoms with Crippen LogP contribution in [0.2, 0.25) is 0 Å². The van der Waals surface area contributed by atoms with Crippen molar-refractivity contribution in [3.63, 3.8) is 0 Å². The van der Waals surface area contributed by atoms with Gasteiger partial charge >= 0.3 is 0 Å². The van der Waals surface area contributed by atoms with Crippen molar-refractivity contribution in [3.05, 3.63) is 28.2 Å². The third-order valence-corrected chi connectivity index (χ3v) is 2.56. The third-order valence-electron chi connectivity index (χ3n) is 2.07. The molecule has 3 N–H and O–H groups in total. The minimum atomic E-state index is -0.599. The number of halogens is 2. The molecule has 0 amide bonds. The van der Waals surface area contributed by atoms with Gasteiger partial charge in [0.1, 0.15) is 5.75 Å². The molecule has 1 aromatic carbocycles. The smallest absolute Gasteiger partial charge is 0.123 e. The first-order chi connectivity index (χ1) is 6.56. The fraction of sp³-hybridized carbons (Fsp3) is 0.400. The fourth-order valence-electron chi connectivity index (χ4n) is 1.23. The molecule has 0 spiro atoms. The number of benzene rings is 1. The van der Waals surface area contributed by atoms with Crippen molar-refractivity contribution in [3.8, 4) is 5.75 Å². The Labute approximate surface area is 104 Å². The largest absolute Gasteiger partial charge is 0.496 e. The van der Waals surface area contributed by atoms with Gasteiger partial charge in [0.15, 0.2) is 0 Å². The van der Waals surface area contributed by atoms with Gasteiger partial charge in [0.25, 0.3) is 0 Å². The average molecular weight is 297 g/mol. The van der Waals surface area contributed by atoms with E-state index < -0.39 is 12.1 Å². The first-order valence-electron chi connectivity index (χ1n) is 4.33. The molecule has 0 bridgehead atoms. The predicted molar refractivity (Wildman–Crippen MR) is 66.6 cm³/mol. The summed E-state index contributed by atoms with van der Waals surface area (Å²) >= 11 is 3.35. The molecule has 1 aromatic rings. The van der Waals surface area contributed by atoms with Crippen molar-refractivity contribution < 1.29 is 9.84 Å². The maximum Gasteiger partial charge on any atom is 0.123 e. The van der Waals surface area contributed by atoms with Gasteiger partial charge in [-0.3, -0.25) is 0 Å². The minimum absolute atomic E-state index is 0. The van der Waals surface area contributed by atoms with Gasteiger partial charge in [-0.1, -0.05) is 15.9 Å². The third kappa shape index (κ3) is 3.65. The molecule has 0 aliphatic carbocycles. The van der Waals surface area contributed by atoms with E-state index in [-0.39, 0.29) is 12.4 Å². The number of hydrogen-bond donors (Lipinski definition) is 2. The second kappa shape index (κ2) is 6.33. The Morgan fingerprint density at radius 2 is 2.07 bits per heavy atom. The van der Waals surface area contributed by atoms with E-state index in [0.29, 0.717) is 5.75 Å². The zero-order valence-corrected chi connectivity index (χ0v) is 11.0. The predicted octanol–water partition coefficient (Wildman–Crippen LogP) is 2.26. The molecule has 5 heteroatoms. The highest BCUT2D eigenvalue weighted by molar-refractivity contribution is 9.10. The highest BCUT2D eigenvalue weighted by Gasteiger charge is 2.16. The zero-order chi connectivity index (χ0) is 10.7. The summed E-state index contributed by atoms with van der Waals surface area (Å²) in [5.74, 6) is 0.696. The molecular weight excluding hydrogens is 281 g/mol. The Kier molecular flexibility index (Phi) is 6.20. The van der Waals surface area contributed by atoms with E-state index in [1.54, 1.807) is 14.0 Å². The highest BCUT2D eigenvalue weighted by atomic mass is 79.9. The molecule has 0 fully saturated rings. The van der Waals surface area contributed by atoms with E-state index in [4.69, 9.17) is 10.5 Å². The molecule has 86 valence electrons. The van der Waals surface area contributed by atoms with Crippen molar-refractivity contribution >= 4 is 28.3 Å². The van der Waals surface area contributed by atoms with Crippen LogP contribution in [0.15, 0.2) is 22.7 Å². The Morgan fingerprint density at radius 3 is 2.53 bits per heavy atom. The lowest BCUT2D eigenvalue weighted by molar-refractivity contribution is 0.162. The van der Waals surface area contributed by atoms with E-state index in [0.717, 1.165) is 10.0 Å². The van der Waals surface area contributed by atoms with Crippen molar-refractivity contribution in [1.82, 2.24) is 0 Å². The Balaban J connectivity index is 0.00000196. The Morgan fingerprint density at radius 1 is 1.47 bits per heavy atom. The van der Waals surface area contributed by atoms with Gasteiger partial charge in [-0.15, -0.1) is 12.4 Å². The molecular formula is C10H15BrClNO2. The van der Waals surface area contributed by atoms with Crippen LogP contribution < -0.4 is 10.5 Å². The van der Waals surface area contributed by atoms with Crippen LogP contribution in [0.1, 0.15) is 18.5 Å². The van der Waals surface area contributed by atoms with Crippen LogP contribution in [0, 0.1) is 0 Å². The summed E-state index contributed by atoms with van der Waals surface area (Å²) in [5, 5.41) is 9.39. The number of methoxy groups -OCH3 is 1. The fourth-order valence-corrected chi connectivity index (χ4v) is 1.60. The molecule has 1 rings (SSSR count). The van der Waals surface area contributed by atoms with Crippen molar-refractivity contribution in [2.45, 2.75) is 19.1 Å². The molecule has 0 aromatic heterocycles. The second-order valence-corrected chi connectivity index (χ2v) is 4.07. The van der Waals surface area contributed by atoms with Crippen LogP contribution in [-0.4, -0.2) is 18.3 Å². The summed E-state index contributed by atoms with van der Waals surface area (Å²) in [6.45, 7) is 1.66. The van der Waals surface area contributed by atoms with Crippen LogP contribution in [0.5, 0.6) is 5.75 Å². The molecule has 0 radical (unpaired) electrons. The van der Waals surface area contributed by atoms with Crippen LogP contribution in [0.4, 0.5) is 0 Å². The SMILES string of the molecule is COc1ccc(Br)cc1[C@H](N)[C@@H](C)O.Cl. The zero-order valence-electron chi connectivity index (χ0n) is 8.61.